The van der Waals surface area contributed by atoms with Crippen molar-refractivity contribution in [3.63, 3.8) is 0 Å². The first-order chi connectivity index (χ1) is 11.9. The lowest BCUT2D eigenvalue weighted by Crippen LogP contribution is -2.20. The van der Waals surface area contributed by atoms with Gasteiger partial charge in [0.25, 0.3) is 0 Å². The normalized spacial score (nSPS) is 13.0. The number of carbonyl (C=O) groups excluding carboxylic acids is 1. The van der Waals surface area contributed by atoms with Crippen LogP contribution in [0, 0.1) is 0 Å². The third-order valence-electron chi connectivity index (χ3n) is 3.95. The average molecular weight is 348 g/mol. The molecule has 0 fully saturated rings. The van der Waals surface area contributed by atoms with Gasteiger partial charge in [0.05, 0.1) is 6.61 Å². The van der Waals surface area contributed by atoms with Gasteiger partial charge in [-0.15, -0.1) is 0 Å². The van der Waals surface area contributed by atoms with E-state index in [4.69, 9.17) is 0 Å². The third-order valence-corrected chi connectivity index (χ3v) is 3.95. The van der Waals surface area contributed by atoms with Crippen molar-refractivity contribution in [1.82, 2.24) is 5.32 Å². The fourth-order valence-corrected chi connectivity index (χ4v) is 2.47. The van der Waals surface area contributed by atoms with Gasteiger partial charge >= 0.3 is 0 Å². The Morgan fingerprint density at radius 1 is 0.880 bits per heavy atom. The Morgan fingerprint density at radius 2 is 1.48 bits per heavy atom. The molecule has 0 atom stereocenters. The standard InChI is InChI=1S/C22H37NO2/c1-6-23-22(25)16-20(5)13-9-15-21(17-24)14-8-12-19(4)11-7-10-18(2)3/h10,12,15-16,24H,6-9,11,13-14,17H2,1-5H3,(H,23,25). The highest BCUT2D eigenvalue weighted by Crippen LogP contribution is 2.13. The van der Waals surface area contributed by atoms with Gasteiger partial charge in [0.15, 0.2) is 0 Å². The lowest BCUT2D eigenvalue weighted by atomic mass is 10.0. The fraction of sp³-hybridized carbons (Fsp3) is 0.591. The van der Waals surface area contributed by atoms with Crippen LogP contribution in [0.1, 0.15) is 73.1 Å². The summed E-state index contributed by atoms with van der Waals surface area (Å²) in [6, 6.07) is 0. The van der Waals surface area contributed by atoms with E-state index in [9.17, 15) is 9.90 Å². The van der Waals surface area contributed by atoms with Gasteiger partial charge in [-0.1, -0.05) is 34.9 Å². The highest BCUT2D eigenvalue weighted by atomic mass is 16.3. The molecule has 0 rings (SSSR count). The Hall–Kier alpha value is -1.61. The Labute approximate surface area is 154 Å². The topological polar surface area (TPSA) is 49.3 Å². The molecule has 0 aliphatic heterocycles. The molecule has 0 aliphatic carbocycles. The Balaban J connectivity index is 4.25. The largest absolute Gasteiger partial charge is 0.392 e. The van der Waals surface area contributed by atoms with Gasteiger partial charge in [-0.25, -0.2) is 0 Å². The number of amides is 1. The molecule has 0 bridgehead atoms. The highest BCUT2D eigenvalue weighted by molar-refractivity contribution is 5.88. The van der Waals surface area contributed by atoms with Crippen molar-refractivity contribution < 1.29 is 9.90 Å². The van der Waals surface area contributed by atoms with E-state index < -0.39 is 0 Å². The Bertz CT molecular complexity index is 506. The number of carbonyl (C=O) groups is 1. The zero-order valence-corrected chi connectivity index (χ0v) is 16.8. The lowest BCUT2D eigenvalue weighted by molar-refractivity contribution is -0.116. The number of hydrogen-bond donors (Lipinski definition) is 2. The monoisotopic (exact) mass is 347 g/mol. The van der Waals surface area contributed by atoms with E-state index in [0.29, 0.717) is 6.54 Å². The summed E-state index contributed by atoms with van der Waals surface area (Å²) in [5.74, 6) is -0.0277. The zero-order chi connectivity index (χ0) is 19.1. The van der Waals surface area contributed by atoms with Crippen LogP contribution in [-0.4, -0.2) is 24.2 Å². The van der Waals surface area contributed by atoms with Crippen molar-refractivity contribution in [2.75, 3.05) is 13.2 Å². The third kappa shape index (κ3) is 14.4. The van der Waals surface area contributed by atoms with E-state index in [-0.39, 0.29) is 12.5 Å². The smallest absolute Gasteiger partial charge is 0.243 e. The van der Waals surface area contributed by atoms with Crippen molar-refractivity contribution in [2.45, 2.75) is 73.1 Å². The van der Waals surface area contributed by atoms with Gasteiger partial charge in [0, 0.05) is 12.6 Å². The van der Waals surface area contributed by atoms with Crippen LogP contribution in [-0.2, 0) is 4.79 Å². The van der Waals surface area contributed by atoms with E-state index in [0.717, 1.165) is 49.7 Å². The molecule has 1 amide bonds. The SMILES string of the molecule is CCNC(=O)C=C(C)CCC=C(CO)CCC=C(C)CCC=C(C)C. The molecule has 0 heterocycles. The second-order valence-corrected chi connectivity index (χ2v) is 6.85. The summed E-state index contributed by atoms with van der Waals surface area (Å²) in [4.78, 5) is 11.5. The molecule has 0 spiro atoms. The van der Waals surface area contributed by atoms with Crippen LogP contribution >= 0.6 is 0 Å². The summed E-state index contributed by atoms with van der Waals surface area (Å²) in [6.07, 6.45) is 14.1. The second kappa shape index (κ2) is 14.7. The van der Waals surface area contributed by atoms with Crippen LogP contribution in [0.4, 0.5) is 0 Å². The molecular weight excluding hydrogens is 310 g/mol. The second-order valence-electron chi connectivity index (χ2n) is 6.85. The Morgan fingerprint density at radius 3 is 2.08 bits per heavy atom. The first kappa shape index (κ1) is 23.4. The quantitative estimate of drug-likeness (QED) is 0.374. The van der Waals surface area contributed by atoms with E-state index in [1.165, 1.54) is 11.1 Å². The number of nitrogens with one attached hydrogen (secondary N) is 1. The highest BCUT2D eigenvalue weighted by Gasteiger charge is 1.98. The summed E-state index contributed by atoms with van der Waals surface area (Å²) in [6.45, 7) is 11.1. The summed E-state index contributed by atoms with van der Waals surface area (Å²) in [7, 11) is 0. The van der Waals surface area contributed by atoms with Crippen molar-refractivity contribution in [1.29, 1.82) is 0 Å². The number of hydrogen-bond acceptors (Lipinski definition) is 2. The molecule has 0 aromatic carbocycles. The van der Waals surface area contributed by atoms with Crippen molar-refractivity contribution in [2.24, 2.45) is 0 Å². The van der Waals surface area contributed by atoms with E-state index in [1.54, 1.807) is 6.08 Å². The van der Waals surface area contributed by atoms with Crippen LogP contribution in [0.2, 0.25) is 0 Å². The number of rotatable bonds is 12. The minimum absolute atomic E-state index is 0.0277. The van der Waals surface area contributed by atoms with E-state index in [2.05, 4.69) is 44.3 Å². The predicted octanol–water partition coefficient (Wildman–Crippen LogP) is 5.24. The average Bonchev–Trinajstić information content (AvgIpc) is 2.53. The van der Waals surface area contributed by atoms with Gasteiger partial charge < -0.3 is 10.4 Å². The molecule has 0 aromatic heterocycles. The number of likely N-dealkylation sites (N-methyl/N-ethyl adjacent to an activating group) is 1. The molecule has 0 saturated carbocycles. The number of aliphatic hydroxyl groups is 1. The van der Waals surface area contributed by atoms with Gasteiger partial charge in [0.2, 0.25) is 5.91 Å². The maximum Gasteiger partial charge on any atom is 0.243 e. The maximum absolute atomic E-state index is 11.5. The summed E-state index contributed by atoms with van der Waals surface area (Å²) in [5, 5.41) is 12.3. The maximum atomic E-state index is 11.5. The van der Waals surface area contributed by atoms with E-state index in [1.807, 2.05) is 13.8 Å². The van der Waals surface area contributed by atoms with Crippen LogP contribution in [0.15, 0.2) is 46.6 Å². The summed E-state index contributed by atoms with van der Waals surface area (Å²) < 4.78 is 0. The molecule has 3 nitrogen and oxygen atoms in total. The molecule has 25 heavy (non-hydrogen) atoms. The van der Waals surface area contributed by atoms with Crippen LogP contribution in [0.3, 0.4) is 0 Å². The van der Waals surface area contributed by atoms with Crippen molar-refractivity contribution >= 4 is 5.91 Å². The molecule has 3 heteroatoms. The van der Waals surface area contributed by atoms with Gasteiger partial charge in [-0.3, -0.25) is 4.79 Å². The molecule has 142 valence electrons. The number of aliphatic hydroxyl groups excluding tert-OH is 1. The van der Waals surface area contributed by atoms with Crippen LogP contribution in [0.5, 0.6) is 0 Å². The van der Waals surface area contributed by atoms with Crippen molar-refractivity contribution in [3.8, 4) is 0 Å². The summed E-state index contributed by atoms with van der Waals surface area (Å²) in [5.41, 5.74) is 4.93. The zero-order valence-electron chi connectivity index (χ0n) is 16.8. The molecule has 2 N–H and O–H groups in total. The fourth-order valence-electron chi connectivity index (χ4n) is 2.47. The Kier molecular flexibility index (Phi) is 13.8. The van der Waals surface area contributed by atoms with Crippen LogP contribution < -0.4 is 5.32 Å². The molecule has 0 aromatic rings. The minimum Gasteiger partial charge on any atom is -0.392 e. The van der Waals surface area contributed by atoms with E-state index >= 15 is 0 Å². The van der Waals surface area contributed by atoms with Crippen molar-refractivity contribution in [3.05, 3.63) is 46.6 Å². The minimum atomic E-state index is -0.0277. The number of allylic oxidation sites excluding steroid dienone is 6. The van der Waals surface area contributed by atoms with Gasteiger partial charge in [0.1, 0.15) is 0 Å². The first-order valence-corrected chi connectivity index (χ1v) is 9.41. The first-order valence-electron chi connectivity index (χ1n) is 9.41. The molecule has 0 unspecified atom stereocenters. The molecule has 0 saturated heterocycles. The summed E-state index contributed by atoms with van der Waals surface area (Å²) >= 11 is 0. The molecule has 0 radical (unpaired) electrons. The van der Waals surface area contributed by atoms with Crippen LogP contribution in [0.25, 0.3) is 0 Å². The molecule has 0 aliphatic rings. The van der Waals surface area contributed by atoms with Gasteiger partial charge in [-0.2, -0.15) is 0 Å². The van der Waals surface area contributed by atoms with Gasteiger partial charge in [-0.05, 0) is 78.7 Å². The predicted molar refractivity (Wildman–Crippen MR) is 108 cm³/mol. The lowest BCUT2D eigenvalue weighted by Gasteiger charge is -2.05. The molecular formula is C22H37NO2.